The van der Waals surface area contributed by atoms with Crippen LogP contribution in [0.5, 0.6) is 0 Å². The van der Waals surface area contributed by atoms with Crippen molar-refractivity contribution in [3.05, 3.63) is 16.0 Å². The van der Waals surface area contributed by atoms with Crippen molar-refractivity contribution in [2.24, 2.45) is 0 Å². The number of amides is 4. The molecule has 4 rings (SSSR count). The molecule has 0 unspecified atom stereocenters. The maximum atomic E-state index is 13.0. The van der Waals surface area contributed by atoms with Crippen LogP contribution in [0.3, 0.4) is 0 Å². The van der Waals surface area contributed by atoms with Crippen molar-refractivity contribution in [1.82, 2.24) is 10.2 Å². The molecule has 162 valence electrons. The first-order valence-electron chi connectivity index (χ1n) is 10.7. The van der Waals surface area contributed by atoms with E-state index in [1.54, 1.807) is 13.8 Å². The van der Waals surface area contributed by atoms with Crippen molar-refractivity contribution >= 4 is 40.2 Å². The minimum Gasteiger partial charge on any atom is -0.462 e. The molecule has 2 N–H and O–H groups in total. The molecule has 1 atom stereocenters. The summed E-state index contributed by atoms with van der Waals surface area (Å²) in [4.78, 5) is 53.2. The van der Waals surface area contributed by atoms with E-state index in [2.05, 4.69) is 10.6 Å². The molecule has 9 heteroatoms. The number of carbonyl (C=O) groups is 4. The quantitative estimate of drug-likeness (QED) is 0.549. The maximum absolute atomic E-state index is 13.0. The van der Waals surface area contributed by atoms with Crippen LogP contribution >= 0.6 is 11.3 Å². The third kappa shape index (κ3) is 3.38. The Morgan fingerprint density at radius 2 is 1.90 bits per heavy atom. The number of esters is 1. The maximum Gasteiger partial charge on any atom is 0.341 e. The summed E-state index contributed by atoms with van der Waals surface area (Å²) in [5.74, 6) is -1.26. The third-order valence-corrected chi connectivity index (χ3v) is 7.51. The van der Waals surface area contributed by atoms with Gasteiger partial charge in [-0.25, -0.2) is 14.5 Å². The van der Waals surface area contributed by atoms with Crippen LogP contribution in [0, 0.1) is 0 Å². The lowest BCUT2D eigenvalue weighted by Crippen LogP contribution is -2.48. The molecule has 30 heavy (non-hydrogen) atoms. The fraction of sp³-hybridized carbons (Fsp3) is 0.619. The second kappa shape index (κ2) is 8.02. The molecular weight excluding hydrogens is 406 g/mol. The molecule has 2 heterocycles. The highest BCUT2D eigenvalue weighted by Gasteiger charge is 2.54. The molecule has 4 amide bonds. The Kier molecular flexibility index (Phi) is 5.57. The van der Waals surface area contributed by atoms with Gasteiger partial charge in [-0.15, -0.1) is 11.3 Å². The molecule has 1 spiro atoms. The number of hydrogen-bond donors (Lipinski definition) is 2. The lowest BCUT2D eigenvalue weighted by Gasteiger charge is -2.23. The van der Waals surface area contributed by atoms with E-state index in [9.17, 15) is 19.2 Å². The molecule has 0 bridgehead atoms. The summed E-state index contributed by atoms with van der Waals surface area (Å²) in [5.41, 5.74) is 0.512. The van der Waals surface area contributed by atoms with Crippen LogP contribution in [-0.4, -0.2) is 46.9 Å². The number of urea groups is 1. The average molecular weight is 434 g/mol. The van der Waals surface area contributed by atoms with Gasteiger partial charge in [-0.2, -0.15) is 0 Å². The predicted octanol–water partition coefficient (Wildman–Crippen LogP) is 3.00. The summed E-state index contributed by atoms with van der Waals surface area (Å²) >= 11 is 1.39. The first-order chi connectivity index (χ1) is 14.4. The molecular formula is C21H27N3O5S. The molecule has 8 nitrogen and oxygen atoms in total. The van der Waals surface area contributed by atoms with Gasteiger partial charge in [0.2, 0.25) is 5.91 Å². The highest BCUT2D eigenvalue weighted by molar-refractivity contribution is 7.17. The van der Waals surface area contributed by atoms with E-state index in [0.717, 1.165) is 53.9 Å². The number of fused-ring (bicyclic) bond motifs is 1. The molecule has 1 aromatic heterocycles. The summed E-state index contributed by atoms with van der Waals surface area (Å²) in [6.07, 6.45) is 6.65. The molecule has 2 aliphatic carbocycles. The van der Waals surface area contributed by atoms with E-state index in [-0.39, 0.29) is 12.5 Å². The van der Waals surface area contributed by atoms with E-state index in [1.807, 2.05) is 0 Å². The van der Waals surface area contributed by atoms with Crippen molar-refractivity contribution in [3.8, 4) is 0 Å². The van der Waals surface area contributed by atoms with Gasteiger partial charge in [0.05, 0.1) is 12.2 Å². The van der Waals surface area contributed by atoms with Crippen LogP contribution < -0.4 is 10.6 Å². The van der Waals surface area contributed by atoms with Gasteiger partial charge in [0.15, 0.2) is 0 Å². The summed E-state index contributed by atoms with van der Waals surface area (Å²) in [5, 5.41) is 6.05. The van der Waals surface area contributed by atoms with Gasteiger partial charge in [0.1, 0.15) is 16.6 Å². The Morgan fingerprint density at radius 1 is 1.20 bits per heavy atom. The number of ether oxygens (including phenoxy) is 1. The number of carbonyl (C=O) groups excluding carboxylic acids is 4. The predicted molar refractivity (Wildman–Crippen MR) is 112 cm³/mol. The lowest BCUT2D eigenvalue weighted by molar-refractivity contribution is -0.136. The van der Waals surface area contributed by atoms with Crippen molar-refractivity contribution in [2.75, 3.05) is 11.9 Å². The Morgan fingerprint density at radius 3 is 2.60 bits per heavy atom. The molecule has 3 aliphatic rings. The van der Waals surface area contributed by atoms with Gasteiger partial charge in [-0.05, 0) is 57.9 Å². The van der Waals surface area contributed by atoms with Crippen LogP contribution in [0.2, 0.25) is 0 Å². The number of nitrogens with zero attached hydrogens (tertiary/aromatic N) is 1. The Hall–Kier alpha value is -2.42. The van der Waals surface area contributed by atoms with Gasteiger partial charge in [-0.1, -0.05) is 12.8 Å². The van der Waals surface area contributed by atoms with Crippen LogP contribution in [0.15, 0.2) is 0 Å². The zero-order valence-corrected chi connectivity index (χ0v) is 18.2. The van der Waals surface area contributed by atoms with Crippen molar-refractivity contribution in [1.29, 1.82) is 0 Å². The topological polar surface area (TPSA) is 105 Å². The SMILES string of the molecule is CCOC(=O)c1c(NC(=O)[C@@H](C)N2C(=O)NC3(CCCC3)C2=O)sc2c1CCCC2. The summed E-state index contributed by atoms with van der Waals surface area (Å²) in [6.45, 7) is 3.53. The molecule has 2 fully saturated rings. The first-order valence-corrected chi connectivity index (χ1v) is 11.5. The lowest BCUT2D eigenvalue weighted by atomic mass is 9.95. The average Bonchev–Trinajstić information content (AvgIpc) is 3.38. The number of imide groups is 1. The number of rotatable bonds is 5. The molecule has 1 aromatic rings. The van der Waals surface area contributed by atoms with E-state index in [0.29, 0.717) is 23.4 Å². The highest BCUT2D eigenvalue weighted by Crippen LogP contribution is 2.39. The van der Waals surface area contributed by atoms with E-state index in [1.165, 1.54) is 11.3 Å². The molecule has 1 saturated carbocycles. The number of hydrogen-bond acceptors (Lipinski definition) is 6. The van der Waals surface area contributed by atoms with Crippen LogP contribution in [0.25, 0.3) is 0 Å². The van der Waals surface area contributed by atoms with Crippen LogP contribution in [0.4, 0.5) is 9.80 Å². The van der Waals surface area contributed by atoms with E-state index >= 15 is 0 Å². The molecule has 1 saturated heterocycles. The van der Waals surface area contributed by atoms with Crippen molar-refractivity contribution in [2.45, 2.75) is 76.8 Å². The number of aryl methyl sites for hydroxylation is 1. The Balaban J connectivity index is 1.56. The molecule has 0 radical (unpaired) electrons. The van der Waals surface area contributed by atoms with Gasteiger partial charge in [0.25, 0.3) is 5.91 Å². The second-order valence-corrected chi connectivity index (χ2v) is 9.30. The fourth-order valence-corrected chi connectivity index (χ4v) is 6.00. The number of thiophene rings is 1. The van der Waals surface area contributed by atoms with Crippen LogP contribution in [0.1, 0.15) is 73.2 Å². The molecule has 0 aromatic carbocycles. The van der Waals surface area contributed by atoms with Crippen molar-refractivity contribution in [3.63, 3.8) is 0 Å². The highest BCUT2D eigenvalue weighted by atomic mass is 32.1. The van der Waals surface area contributed by atoms with Gasteiger partial charge in [-0.3, -0.25) is 9.59 Å². The zero-order valence-electron chi connectivity index (χ0n) is 17.3. The smallest absolute Gasteiger partial charge is 0.341 e. The molecule has 1 aliphatic heterocycles. The summed E-state index contributed by atoms with van der Waals surface area (Å²) in [7, 11) is 0. The normalized spacial score (nSPS) is 20.8. The monoisotopic (exact) mass is 433 g/mol. The minimum absolute atomic E-state index is 0.248. The minimum atomic E-state index is -0.980. The van der Waals surface area contributed by atoms with Crippen molar-refractivity contribution < 1.29 is 23.9 Å². The Bertz CT molecular complexity index is 903. The van der Waals surface area contributed by atoms with E-state index in [4.69, 9.17) is 4.74 Å². The standard InChI is InChI=1S/C21H27N3O5S/c1-3-29-18(26)15-13-8-4-5-9-14(13)30-17(15)22-16(25)12(2)24-19(27)21(23-20(24)28)10-6-7-11-21/h12H,3-11H2,1-2H3,(H,22,25)(H,23,28)/t12-/m1/s1. The fourth-order valence-electron chi connectivity index (χ4n) is 4.72. The summed E-state index contributed by atoms with van der Waals surface area (Å²) in [6, 6.07) is -1.51. The largest absolute Gasteiger partial charge is 0.462 e. The summed E-state index contributed by atoms with van der Waals surface area (Å²) < 4.78 is 5.22. The van der Waals surface area contributed by atoms with Gasteiger partial charge in [0, 0.05) is 4.88 Å². The number of anilines is 1. The third-order valence-electron chi connectivity index (χ3n) is 6.30. The van der Waals surface area contributed by atoms with Gasteiger partial charge < -0.3 is 15.4 Å². The van der Waals surface area contributed by atoms with Gasteiger partial charge >= 0.3 is 12.0 Å². The first kappa shape index (κ1) is 20.8. The number of nitrogens with one attached hydrogen (secondary N) is 2. The zero-order chi connectivity index (χ0) is 21.5. The van der Waals surface area contributed by atoms with E-state index < -0.39 is 29.5 Å². The second-order valence-electron chi connectivity index (χ2n) is 8.20. The van der Waals surface area contributed by atoms with Crippen LogP contribution in [-0.2, 0) is 27.2 Å². The Labute approximate surface area is 179 Å².